The lowest BCUT2D eigenvalue weighted by atomic mass is 10.3. The van der Waals surface area contributed by atoms with Crippen LogP contribution in [-0.2, 0) is 9.53 Å². The van der Waals surface area contributed by atoms with Gasteiger partial charge >= 0.3 is 5.97 Å². The maximum Gasteiger partial charge on any atom is 0.365 e. The summed E-state index contributed by atoms with van der Waals surface area (Å²) in [5.41, 5.74) is 5.81. The van der Waals surface area contributed by atoms with E-state index < -0.39 is 14.0 Å². The Balaban J connectivity index is 3.43. The van der Waals surface area contributed by atoms with Crippen molar-refractivity contribution >= 4 is 25.4 Å². The van der Waals surface area contributed by atoms with E-state index in [-0.39, 0.29) is 5.71 Å². The van der Waals surface area contributed by atoms with E-state index >= 15 is 0 Å². The van der Waals surface area contributed by atoms with E-state index in [0.29, 0.717) is 28.9 Å². The summed E-state index contributed by atoms with van der Waals surface area (Å²) in [5.74, 6) is 3.39. The minimum absolute atomic E-state index is 0.167. The van der Waals surface area contributed by atoms with E-state index in [9.17, 15) is 4.79 Å². The third-order valence-corrected chi connectivity index (χ3v) is 11.3. The van der Waals surface area contributed by atoms with Crippen LogP contribution >= 0.6 is 0 Å². The van der Waals surface area contributed by atoms with Crippen LogP contribution in [0.15, 0.2) is 29.3 Å². The Morgan fingerprint density at radius 3 is 1.96 bits per heavy atom. The summed E-state index contributed by atoms with van der Waals surface area (Å²) in [4.78, 5) is 16.9. The number of carbonyl (C=O) groups excluding carboxylic acids is 1. The van der Waals surface area contributed by atoms with E-state index in [1.807, 2.05) is 12.1 Å². The van der Waals surface area contributed by atoms with Gasteiger partial charge < -0.3 is 9.47 Å². The van der Waals surface area contributed by atoms with Crippen LogP contribution in [0.2, 0.25) is 16.6 Å². The Morgan fingerprint density at radius 1 is 1.04 bits per heavy atom. The first-order chi connectivity index (χ1) is 12.7. The maximum absolute atomic E-state index is 12.4. The summed E-state index contributed by atoms with van der Waals surface area (Å²) in [6.45, 7) is 15.5. The second kappa shape index (κ2) is 10.3. The largest absolute Gasteiger partial charge is 0.497 e. The lowest BCUT2D eigenvalue weighted by Gasteiger charge is -2.38. The number of rotatable bonds is 7. The van der Waals surface area contributed by atoms with Crippen LogP contribution in [0.1, 0.15) is 48.5 Å². The molecule has 0 bridgehead atoms. The van der Waals surface area contributed by atoms with Crippen molar-refractivity contribution < 1.29 is 14.3 Å². The van der Waals surface area contributed by atoms with E-state index in [0.717, 1.165) is 5.75 Å². The Bertz CT molecular complexity index is 688. The van der Waals surface area contributed by atoms with Crippen LogP contribution < -0.4 is 4.74 Å². The fraction of sp³-hybridized carbons (Fsp3) is 0.545. The van der Waals surface area contributed by atoms with E-state index in [1.165, 1.54) is 0 Å². The number of esters is 1. The van der Waals surface area contributed by atoms with Gasteiger partial charge in [0.15, 0.2) is 5.71 Å². The van der Waals surface area contributed by atoms with Gasteiger partial charge in [-0.15, -0.1) is 5.54 Å². The number of aliphatic imine (C=N–C) groups is 1. The summed E-state index contributed by atoms with van der Waals surface area (Å²) in [6, 6.07) is 7.23. The fourth-order valence-electron chi connectivity index (χ4n) is 3.71. The van der Waals surface area contributed by atoms with Crippen LogP contribution in [0, 0.1) is 11.5 Å². The molecule has 148 valence electrons. The van der Waals surface area contributed by atoms with Crippen LogP contribution in [-0.4, -0.2) is 33.5 Å². The number of benzene rings is 1. The SMILES string of the molecule is CCOC(=O)C(C#C[Si](C(C)C)(C(C)C)C(C)C)=Nc1ccc(OC)cc1. The molecular weight excluding hydrogens is 354 g/mol. The second-order valence-corrected chi connectivity index (χ2v) is 13.1. The molecule has 0 N–H and O–H groups in total. The molecule has 0 unspecified atom stereocenters. The Hall–Kier alpha value is -2.06. The Morgan fingerprint density at radius 2 is 1.56 bits per heavy atom. The average Bonchev–Trinajstić information content (AvgIpc) is 2.61. The highest BCUT2D eigenvalue weighted by Crippen LogP contribution is 2.40. The van der Waals surface area contributed by atoms with Crippen molar-refractivity contribution in [2.24, 2.45) is 4.99 Å². The van der Waals surface area contributed by atoms with E-state index in [1.54, 1.807) is 26.2 Å². The van der Waals surface area contributed by atoms with Crippen LogP contribution in [0.25, 0.3) is 0 Å². The van der Waals surface area contributed by atoms with Crippen LogP contribution in [0.5, 0.6) is 5.75 Å². The molecule has 0 aliphatic carbocycles. The molecule has 1 aromatic carbocycles. The number of carbonyl (C=O) groups is 1. The third kappa shape index (κ3) is 5.70. The van der Waals surface area contributed by atoms with E-state index in [2.05, 4.69) is 58.0 Å². The summed E-state index contributed by atoms with van der Waals surface area (Å²) in [7, 11) is -0.348. The first-order valence-corrected chi connectivity index (χ1v) is 11.8. The molecule has 0 amide bonds. The molecule has 0 aliphatic heterocycles. The Kier molecular flexibility index (Phi) is 8.78. The van der Waals surface area contributed by atoms with Gasteiger partial charge in [0.2, 0.25) is 0 Å². The first-order valence-electron chi connectivity index (χ1n) is 9.62. The van der Waals surface area contributed by atoms with Crippen molar-refractivity contribution in [2.45, 2.75) is 65.1 Å². The molecule has 0 fully saturated rings. The second-order valence-electron chi connectivity index (χ2n) is 7.53. The monoisotopic (exact) mass is 387 g/mol. The minimum atomic E-state index is -1.96. The number of ether oxygens (including phenoxy) is 2. The van der Waals surface area contributed by atoms with Gasteiger partial charge in [-0.2, -0.15) is 0 Å². The maximum atomic E-state index is 12.4. The fourth-order valence-corrected chi connectivity index (χ4v) is 8.91. The van der Waals surface area contributed by atoms with Crippen LogP contribution in [0.3, 0.4) is 0 Å². The highest BCUT2D eigenvalue weighted by Gasteiger charge is 2.41. The molecule has 1 aromatic rings. The molecule has 0 radical (unpaired) electrons. The van der Waals surface area contributed by atoms with Gasteiger partial charge in [-0.25, -0.2) is 9.79 Å². The lowest BCUT2D eigenvalue weighted by Crippen LogP contribution is -2.43. The number of hydrogen-bond acceptors (Lipinski definition) is 4. The summed E-state index contributed by atoms with van der Waals surface area (Å²) in [6.07, 6.45) is 0. The number of methoxy groups -OCH3 is 1. The zero-order valence-corrected chi connectivity index (χ0v) is 18.9. The summed E-state index contributed by atoms with van der Waals surface area (Å²) >= 11 is 0. The predicted octanol–water partition coefficient (Wildman–Crippen LogP) is 5.55. The molecule has 0 aliphatic rings. The molecule has 27 heavy (non-hydrogen) atoms. The normalized spacial score (nSPS) is 12.2. The summed E-state index contributed by atoms with van der Waals surface area (Å²) < 4.78 is 10.4. The van der Waals surface area contributed by atoms with Gasteiger partial charge in [0.05, 0.1) is 19.4 Å². The minimum Gasteiger partial charge on any atom is -0.497 e. The van der Waals surface area contributed by atoms with E-state index in [4.69, 9.17) is 9.47 Å². The number of hydrogen-bond donors (Lipinski definition) is 0. The van der Waals surface area contributed by atoms with Crippen molar-refractivity contribution in [2.75, 3.05) is 13.7 Å². The topological polar surface area (TPSA) is 47.9 Å². The smallest absolute Gasteiger partial charge is 0.365 e. The average molecular weight is 388 g/mol. The van der Waals surface area contributed by atoms with Gasteiger partial charge in [0, 0.05) is 0 Å². The highest BCUT2D eigenvalue weighted by molar-refractivity contribution is 6.91. The van der Waals surface area contributed by atoms with Gasteiger partial charge in [0.1, 0.15) is 13.8 Å². The van der Waals surface area contributed by atoms with Gasteiger partial charge in [0.25, 0.3) is 0 Å². The zero-order valence-electron chi connectivity index (χ0n) is 17.9. The molecule has 0 spiro atoms. The predicted molar refractivity (Wildman–Crippen MR) is 116 cm³/mol. The Labute approximate surface area is 165 Å². The lowest BCUT2D eigenvalue weighted by molar-refractivity contribution is -0.134. The molecule has 0 atom stereocenters. The third-order valence-electron chi connectivity index (χ3n) is 5.05. The van der Waals surface area contributed by atoms with Crippen molar-refractivity contribution in [1.29, 1.82) is 0 Å². The van der Waals surface area contributed by atoms with Gasteiger partial charge in [-0.05, 0) is 53.7 Å². The molecule has 0 heterocycles. The highest BCUT2D eigenvalue weighted by atomic mass is 28.3. The molecular formula is C22H33NO3Si. The van der Waals surface area contributed by atoms with Crippen molar-refractivity contribution in [3.05, 3.63) is 24.3 Å². The van der Waals surface area contributed by atoms with Crippen molar-refractivity contribution in [1.82, 2.24) is 0 Å². The molecule has 0 saturated carbocycles. The molecule has 0 aromatic heterocycles. The first kappa shape index (κ1) is 23.0. The van der Waals surface area contributed by atoms with Gasteiger partial charge in [-0.1, -0.05) is 41.5 Å². The quantitative estimate of drug-likeness (QED) is 0.267. The molecule has 5 heteroatoms. The molecule has 4 nitrogen and oxygen atoms in total. The van der Waals surface area contributed by atoms with Crippen molar-refractivity contribution in [3.8, 4) is 17.2 Å². The van der Waals surface area contributed by atoms with Gasteiger partial charge in [-0.3, -0.25) is 0 Å². The number of nitrogens with zero attached hydrogens (tertiary/aromatic N) is 1. The summed E-state index contributed by atoms with van der Waals surface area (Å²) in [5, 5.41) is 0. The standard InChI is InChI=1S/C22H33NO3Si/c1-9-26-22(24)21(23-19-10-12-20(25-8)13-11-19)14-15-27(16(2)3,17(4)5)18(6)7/h10-13,16-18H,9H2,1-8H3. The van der Waals surface area contributed by atoms with Crippen LogP contribution in [0.4, 0.5) is 5.69 Å². The van der Waals surface area contributed by atoms with Crippen molar-refractivity contribution in [3.63, 3.8) is 0 Å². The molecule has 0 saturated heterocycles. The molecule has 1 rings (SSSR count). The zero-order chi connectivity index (χ0) is 20.6.